The fourth-order valence-electron chi connectivity index (χ4n) is 2.29. The van der Waals surface area contributed by atoms with Crippen molar-refractivity contribution in [2.45, 2.75) is 38.8 Å². The van der Waals surface area contributed by atoms with Gasteiger partial charge in [-0.05, 0) is 18.6 Å². The number of halogens is 3. The van der Waals surface area contributed by atoms with Crippen LogP contribution >= 0.6 is 0 Å². The standard InChI is InChI=1S/C18H22F3N3O/c1-3-4-5-9-12-25-16-15(18(19,20)21)13-22-17(23-16)24(2)14-10-7-6-8-11-14/h6-8,10-11,13H,3-5,9,12H2,1-2H3. The quantitative estimate of drug-likeness (QED) is 0.610. The minimum Gasteiger partial charge on any atom is -0.477 e. The number of anilines is 2. The molecule has 0 saturated heterocycles. The van der Waals surface area contributed by atoms with E-state index in [0.29, 0.717) is 6.42 Å². The van der Waals surface area contributed by atoms with Crippen molar-refractivity contribution in [3.05, 3.63) is 42.1 Å². The lowest BCUT2D eigenvalue weighted by Crippen LogP contribution is -2.17. The first-order valence-corrected chi connectivity index (χ1v) is 8.29. The molecule has 0 atom stereocenters. The normalized spacial score (nSPS) is 11.4. The van der Waals surface area contributed by atoms with E-state index in [4.69, 9.17) is 4.74 Å². The molecule has 0 aliphatic carbocycles. The monoisotopic (exact) mass is 353 g/mol. The summed E-state index contributed by atoms with van der Waals surface area (Å²) in [4.78, 5) is 9.48. The Labute approximate surface area is 145 Å². The second-order valence-electron chi connectivity index (χ2n) is 5.69. The van der Waals surface area contributed by atoms with Crippen molar-refractivity contribution in [3.63, 3.8) is 0 Å². The second-order valence-corrected chi connectivity index (χ2v) is 5.69. The lowest BCUT2D eigenvalue weighted by atomic mass is 10.2. The number of unbranched alkanes of at least 4 members (excludes halogenated alkanes) is 3. The summed E-state index contributed by atoms with van der Waals surface area (Å²) in [7, 11) is 1.70. The molecule has 0 saturated carbocycles. The fourth-order valence-corrected chi connectivity index (χ4v) is 2.29. The van der Waals surface area contributed by atoms with Crippen LogP contribution in [0.3, 0.4) is 0 Å². The van der Waals surface area contributed by atoms with Crippen molar-refractivity contribution < 1.29 is 17.9 Å². The van der Waals surface area contributed by atoms with Gasteiger partial charge in [0.25, 0.3) is 0 Å². The van der Waals surface area contributed by atoms with E-state index in [1.165, 1.54) is 0 Å². The minimum atomic E-state index is -4.55. The largest absolute Gasteiger partial charge is 0.477 e. The van der Waals surface area contributed by atoms with Gasteiger partial charge in [-0.15, -0.1) is 0 Å². The number of aromatic nitrogens is 2. The van der Waals surface area contributed by atoms with Crippen LogP contribution in [0.2, 0.25) is 0 Å². The zero-order valence-electron chi connectivity index (χ0n) is 14.4. The Morgan fingerprint density at radius 2 is 1.80 bits per heavy atom. The molecule has 0 aliphatic heterocycles. The van der Waals surface area contributed by atoms with Gasteiger partial charge in [0, 0.05) is 18.9 Å². The highest BCUT2D eigenvalue weighted by Crippen LogP contribution is 2.36. The fraction of sp³-hybridized carbons (Fsp3) is 0.444. The van der Waals surface area contributed by atoms with Crippen LogP contribution in [0.1, 0.15) is 38.2 Å². The highest BCUT2D eigenvalue weighted by Gasteiger charge is 2.36. The van der Waals surface area contributed by atoms with E-state index in [0.717, 1.165) is 31.1 Å². The molecule has 0 bridgehead atoms. The summed E-state index contributed by atoms with van der Waals surface area (Å²) in [6.07, 6.45) is -0.0843. The van der Waals surface area contributed by atoms with E-state index in [-0.39, 0.29) is 12.6 Å². The summed E-state index contributed by atoms with van der Waals surface area (Å²) < 4.78 is 44.8. The predicted molar refractivity (Wildman–Crippen MR) is 91.2 cm³/mol. The van der Waals surface area contributed by atoms with Crippen LogP contribution in [0.25, 0.3) is 0 Å². The molecule has 0 spiro atoms. The van der Waals surface area contributed by atoms with E-state index in [1.807, 2.05) is 30.3 Å². The lowest BCUT2D eigenvalue weighted by molar-refractivity contribution is -0.139. The van der Waals surface area contributed by atoms with E-state index < -0.39 is 17.6 Å². The SMILES string of the molecule is CCCCCCOc1nc(N(C)c2ccccc2)ncc1C(F)(F)F. The molecule has 0 amide bonds. The number of hydrogen-bond acceptors (Lipinski definition) is 4. The third kappa shape index (κ3) is 5.34. The maximum absolute atomic E-state index is 13.2. The molecule has 25 heavy (non-hydrogen) atoms. The molecule has 4 nitrogen and oxygen atoms in total. The van der Waals surface area contributed by atoms with E-state index in [1.54, 1.807) is 11.9 Å². The first-order valence-electron chi connectivity index (χ1n) is 8.29. The third-order valence-electron chi connectivity index (χ3n) is 3.73. The number of ether oxygens (including phenoxy) is 1. The zero-order chi connectivity index (χ0) is 18.3. The lowest BCUT2D eigenvalue weighted by Gasteiger charge is -2.19. The van der Waals surface area contributed by atoms with Gasteiger partial charge in [0.15, 0.2) is 0 Å². The van der Waals surface area contributed by atoms with Crippen LogP contribution in [0.5, 0.6) is 5.88 Å². The van der Waals surface area contributed by atoms with Gasteiger partial charge < -0.3 is 9.64 Å². The second kappa shape index (κ2) is 8.69. The van der Waals surface area contributed by atoms with Gasteiger partial charge in [0.1, 0.15) is 5.56 Å². The smallest absolute Gasteiger partial charge is 0.423 e. The minimum absolute atomic E-state index is 0.155. The zero-order valence-corrected chi connectivity index (χ0v) is 14.4. The molecule has 1 aromatic carbocycles. The van der Waals surface area contributed by atoms with Crippen molar-refractivity contribution in [1.82, 2.24) is 9.97 Å². The summed E-state index contributed by atoms with van der Waals surface area (Å²) in [6.45, 7) is 2.27. The Morgan fingerprint density at radius 1 is 1.08 bits per heavy atom. The van der Waals surface area contributed by atoms with Crippen LogP contribution in [-0.2, 0) is 6.18 Å². The highest BCUT2D eigenvalue weighted by atomic mass is 19.4. The molecular formula is C18H22F3N3O. The Bertz CT molecular complexity index is 662. The number of rotatable bonds is 8. The first-order chi connectivity index (χ1) is 11.9. The molecule has 0 radical (unpaired) electrons. The molecule has 1 heterocycles. The number of hydrogen-bond donors (Lipinski definition) is 0. The van der Waals surface area contributed by atoms with Gasteiger partial charge in [0.2, 0.25) is 11.8 Å². The van der Waals surface area contributed by atoms with Crippen molar-refractivity contribution in [2.75, 3.05) is 18.6 Å². The average molecular weight is 353 g/mol. The number of alkyl halides is 3. The highest BCUT2D eigenvalue weighted by molar-refractivity contribution is 5.56. The van der Waals surface area contributed by atoms with Crippen LogP contribution in [0, 0.1) is 0 Å². The van der Waals surface area contributed by atoms with Gasteiger partial charge in [-0.1, -0.05) is 44.4 Å². The Morgan fingerprint density at radius 3 is 2.44 bits per heavy atom. The Hall–Kier alpha value is -2.31. The van der Waals surface area contributed by atoms with Crippen LogP contribution in [0.4, 0.5) is 24.8 Å². The molecule has 0 N–H and O–H groups in total. The molecular weight excluding hydrogens is 331 g/mol. The summed E-state index contributed by atoms with van der Waals surface area (Å²) in [5.74, 6) is -0.264. The van der Waals surface area contributed by atoms with Gasteiger partial charge in [-0.25, -0.2) is 4.98 Å². The molecule has 2 rings (SSSR count). The maximum Gasteiger partial charge on any atom is 0.423 e. The van der Waals surface area contributed by atoms with Crippen molar-refractivity contribution in [3.8, 4) is 5.88 Å². The topological polar surface area (TPSA) is 38.2 Å². The van der Waals surface area contributed by atoms with Crippen molar-refractivity contribution in [2.24, 2.45) is 0 Å². The average Bonchev–Trinajstić information content (AvgIpc) is 2.60. The molecule has 0 unspecified atom stereocenters. The number of benzene rings is 1. The molecule has 7 heteroatoms. The van der Waals surface area contributed by atoms with E-state index in [9.17, 15) is 13.2 Å². The van der Waals surface area contributed by atoms with Crippen LogP contribution < -0.4 is 9.64 Å². The van der Waals surface area contributed by atoms with Crippen molar-refractivity contribution >= 4 is 11.6 Å². The summed E-state index contributed by atoms with van der Waals surface area (Å²) in [5.41, 5.74) is -0.177. The van der Waals surface area contributed by atoms with Gasteiger partial charge in [-0.3, -0.25) is 0 Å². The number of nitrogens with zero attached hydrogens (tertiary/aromatic N) is 3. The summed E-state index contributed by atoms with van der Waals surface area (Å²) in [6, 6.07) is 9.18. The van der Waals surface area contributed by atoms with E-state index in [2.05, 4.69) is 16.9 Å². The summed E-state index contributed by atoms with van der Waals surface area (Å²) >= 11 is 0. The molecule has 0 aliphatic rings. The third-order valence-corrected chi connectivity index (χ3v) is 3.73. The number of para-hydroxylation sites is 1. The van der Waals surface area contributed by atoms with Gasteiger partial charge in [-0.2, -0.15) is 18.2 Å². The van der Waals surface area contributed by atoms with Gasteiger partial charge in [0.05, 0.1) is 6.61 Å². The summed E-state index contributed by atoms with van der Waals surface area (Å²) in [5, 5.41) is 0. The molecule has 1 aromatic heterocycles. The van der Waals surface area contributed by atoms with Crippen LogP contribution in [-0.4, -0.2) is 23.6 Å². The van der Waals surface area contributed by atoms with Crippen molar-refractivity contribution in [1.29, 1.82) is 0 Å². The van der Waals surface area contributed by atoms with E-state index >= 15 is 0 Å². The molecule has 2 aromatic rings. The Kier molecular flexibility index (Phi) is 6.61. The molecule has 0 fully saturated rings. The first kappa shape index (κ1) is 19.0. The van der Waals surface area contributed by atoms with Gasteiger partial charge >= 0.3 is 6.18 Å². The maximum atomic E-state index is 13.2. The predicted octanol–water partition coefficient (Wildman–Crippen LogP) is 5.22. The van der Waals surface area contributed by atoms with Crippen LogP contribution in [0.15, 0.2) is 36.5 Å². The molecule has 136 valence electrons. The Balaban J connectivity index is 2.21.